The van der Waals surface area contributed by atoms with Gasteiger partial charge in [-0.1, -0.05) is 36.5 Å². The Bertz CT molecular complexity index is 583. The lowest BCUT2D eigenvalue weighted by atomic mass is 10.1. The molecule has 2 rings (SSSR count). The predicted octanol–water partition coefficient (Wildman–Crippen LogP) is 1.29. The van der Waals surface area contributed by atoms with Crippen LogP contribution >= 0.6 is 12.2 Å². The van der Waals surface area contributed by atoms with Gasteiger partial charge in [-0.05, 0) is 5.56 Å². The lowest BCUT2D eigenvalue weighted by molar-refractivity contribution is -0.115. The van der Waals surface area contributed by atoms with Crippen molar-refractivity contribution in [2.24, 2.45) is 5.73 Å². The lowest BCUT2D eigenvalue weighted by Gasteiger charge is -2.04. The van der Waals surface area contributed by atoms with Gasteiger partial charge in [0.05, 0.1) is 12.6 Å². The summed E-state index contributed by atoms with van der Waals surface area (Å²) in [7, 11) is 0. The second-order valence-electron chi connectivity index (χ2n) is 3.88. The van der Waals surface area contributed by atoms with Gasteiger partial charge in [0.2, 0.25) is 5.91 Å². The number of benzene rings is 1. The van der Waals surface area contributed by atoms with Gasteiger partial charge in [0.25, 0.3) is 0 Å². The number of anilines is 1. The zero-order valence-electron chi connectivity index (χ0n) is 10.0. The molecule has 0 radical (unpaired) electrons. The van der Waals surface area contributed by atoms with Gasteiger partial charge in [-0.25, -0.2) is 4.98 Å². The Morgan fingerprint density at radius 1 is 1.26 bits per heavy atom. The second kappa shape index (κ2) is 6.01. The molecule has 19 heavy (non-hydrogen) atoms. The molecule has 0 saturated heterocycles. The van der Waals surface area contributed by atoms with Crippen molar-refractivity contribution in [3.8, 4) is 0 Å². The zero-order chi connectivity index (χ0) is 13.7. The van der Waals surface area contributed by atoms with Crippen LogP contribution in [0.15, 0.2) is 42.9 Å². The van der Waals surface area contributed by atoms with Crippen LogP contribution in [0.4, 0.5) is 5.82 Å². The van der Waals surface area contributed by atoms with Crippen LogP contribution in [0.5, 0.6) is 0 Å². The van der Waals surface area contributed by atoms with Gasteiger partial charge in [-0.3, -0.25) is 9.78 Å². The third-order valence-corrected chi connectivity index (χ3v) is 2.67. The van der Waals surface area contributed by atoms with Crippen molar-refractivity contribution in [1.29, 1.82) is 0 Å². The van der Waals surface area contributed by atoms with Crippen molar-refractivity contribution in [3.05, 3.63) is 54.0 Å². The minimum Gasteiger partial charge on any atom is -0.389 e. The number of thiocarbonyl (C=S) groups is 1. The van der Waals surface area contributed by atoms with Crippen molar-refractivity contribution in [2.75, 3.05) is 5.32 Å². The number of carbonyl (C=O) groups is 1. The SMILES string of the molecule is NC(=S)c1ccc(CC(=O)Nc2cnccn2)cc1. The van der Waals surface area contributed by atoms with Crippen molar-refractivity contribution >= 4 is 28.9 Å². The number of hydrogen-bond donors (Lipinski definition) is 2. The van der Waals surface area contributed by atoms with Gasteiger partial charge in [-0.15, -0.1) is 0 Å². The fourth-order valence-corrected chi connectivity index (χ4v) is 1.66. The van der Waals surface area contributed by atoms with E-state index in [0.717, 1.165) is 11.1 Å². The first-order valence-electron chi connectivity index (χ1n) is 5.60. The third-order valence-electron chi connectivity index (χ3n) is 2.43. The average molecular weight is 272 g/mol. The van der Waals surface area contributed by atoms with Crippen molar-refractivity contribution in [3.63, 3.8) is 0 Å². The molecule has 0 atom stereocenters. The molecular formula is C13H12N4OS. The fourth-order valence-electron chi connectivity index (χ4n) is 1.52. The minimum atomic E-state index is -0.149. The molecule has 1 amide bonds. The maximum absolute atomic E-state index is 11.8. The molecule has 6 heteroatoms. The highest BCUT2D eigenvalue weighted by atomic mass is 32.1. The summed E-state index contributed by atoms with van der Waals surface area (Å²) in [5.74, 6) is 0.288. The van der Waals surface area contributed by atoms with Crippen molar-refractivity contribution in [1.82, 2.24) is 9.97 Å². The normalized spacial score (nSPS) is 9.89. The molecular weight excluding hydrogens is 260 g/mol. The molecule has 0 unspecified atom stereocenters. The summed E-state index contributed by atoms with van der Waals surface area (Å²) in [4.78, 5) is 20.0. The van der Waals surface area contributed by atoms with Crippen LogP contribution in [-0.2, 0) is 11.2 Å². The molecule has 96 valence electrons. The third kappa shape index (κ3) is 3.82. The number of nitrogens with zero attached hydrogens (tertiary/aromatic N) is 2. The van der Waals surface area contributed by atoms with E-state index < -0.39 is 0 Å². The van der Waals surface area contributed by atoms with Gasteiger partial charge in [0, 0.05) is 18.0 Å². The van der Waals surface area contributed by atoms with Crippen LogP contribution in [0.1, 0.15) is 11.1 Å². The van der Waals surface area contributed by atoms with E-state index in [9.17, 15) is 4.79 Å². The van der Waals surface area contributed by atoms with Gasteiger partial charge < -0.3 is 11.1 Å². The topological polar surface area (TPSA) is 80.9 Å². The van der Waals surface area contributed by atoms with E-state index in [4.69, 9.17) is 18.0 Å². The summed E-state index contributed by atoms with van der Waals surface area (Å²) in [6.45, 7) is 0. The quantitative estimate of drug-likeness (QED) is 0.820. The van der Waals surface area contributed by atoms with E-state index in [1.165, 1.54) is 12.4 Å². The number of hydrogen-bond acceptors (Lipinski definition) is 4. The Balaban J connectivity index is 1.97. The van der Waals surface area contributed by atoms with Crippen LogP contribution < -0.4 is 11.1 Å². The Hall–Kier alpha value is -2.34. The largest absolute Gasteiger partial charge is 0.389 e. The predicted molar refractivity (Wildman–Crippen MR) is 76.7 cm³/mol. The maximum Gasteiger partial charge on any atom is 0.229 e. The van der Waals surface area contributed by atoms with Gasteiger partial charge in [0.1, 0.15) is 4.99 Å². The standard InChI is InChI=1S/C13H12N4OS/c14-13(19)10-3-1-9(2-4-10)7-12(18)17-11-8-15-5-6-16-11/h1-6,8H,7H2,(H2,14,19)(H,16,17,18). The molecule has 0 aliphatic heterocycles. The molecule has 1 heterocycles. The summed E-state index contributed by atoms with van der Waals surface area (Å²) in [5, 5.41) is 2.66. The van der Waals surface area contributed by atoms with Gasteiger partial charge in [0.15, 0.2) is 5.82 Å². The summed E-state index contributed by atoms with van der Waals surface area (Å²) < 4.78 is 0. The van der Waals surface area contributed by atoms with Gasteiger partial charge >= 0.3 is 0 Å². The fraction of sp³-hybridized carbons (Fsp3) is 0.0769. The van der Waals surface area contributed by atoms with Crippen LogP contribution in [0, 0.1) is 0 Å². The van der Waals surface area contributed by atoms with E-state index in [1.54, 1.807) is 18.3 Å². The molecule has 3 N–H and O–H groups in total. The molecule has 0 saturated carbocycles. The first-order chi connectivity index (χ1) is 9.15. The van der Waals surface area contributed by atoms with E-state index in [1.807, 2.05) is 12.1 Å². The van der Waals surface area contributed by atoms with Crippen LogP contribution in [0.3, 0.4) is 0 Å². The molecule has 0 aliphatic rings. The number of nitrogens with two attached hydrogens (primary N) is 1. The van der Waals surface area contributed by atoms with E-state index in [2.05, 4.69) is 15.3 Å². The van der Waals surface area contributed by atoms with Crippen molar-refractivity contribution < 1.29 is 4.79 Å². The molecule has 1 aromatic carbocycles. The van der Waals surface area contributed by atoms with Crippen LogP contribution in [-0.4, -0.2) is 20.9 Å². The summed E-state index contributed by atoms with van der Waals surface area (Å²) in [6, 6.07) is 7.25. The molecule has 0 spiro atoms. The second-order valence-corrected chi connectivity index (χ2v) is 4.32. The van der Waals surface area contributed by atoms with E-state index in [-0.39, 0.29) is 12.3 Å². The number of nitrogens with one attached hydrogen (secondary N) is 1. The van der Waals surface area contributed by atoms with Crippen molar-refractivity contribution in [2.45, 2.75) is 6.42 Å². The average Bonchev–Trinajstić information content (AvgIpc) is 2.40. The van der Waals surface area contributed by atoms with Crippen LogP contribution in [0.2, 0.25) is 0 Å². The number of rotatable bonds is 4. The molecule has 0 bridgehead atoms. The summed E-state index contributed by atoms with van der Waals surface area (Å²) in [5.41, 5.74) is 7.17. The van der Waals surface area contributed by atoms with E-state index >= 15 is 0 Å². The Kier molecular flexibility index (Phi) is 4.15. The molecule has 1 aromatic heterocycles. The Morgan fingerprint density at radius 3 is 2.58 bits per heavy atom. The molecule has 5 nitrogen and oxygen atoms in total. The van der Waals surface area contributed by atoms with E-state index in [0.29, 0.717) is 10.8 Å². The monoisotopic (exact) mass is 272 g/mol. The number of carbonyl (C=O) groups excluding carboxylic acids is 1. The highest BCUT2D eigenvalue weighted by molar-refractivity contribution is 7.80. The van der Waals surface area contributed by atoms with Gasteiger partial charge in [-0.2, -0.15) is 0 Å². The molecule has 0 fully saturated rings. The maximum atomic E-state index is 11.8. The zero-order valence-corrected chi connectivity index (χ0v) is 10.9. The minimum absolute atomic E-state index is 0.149. The lowest BCUT2D eigenvalue weighted by Crippen LogP contribution is -2.15. The first-order valence-corrected chi connectivity index (χ1v) is 6.00. The molecule has 2 aromatic rings. The Morgan fingerprint density at radius 2 is 2.00 bits per heavy atom. The Labute approximate surface area is 115 Å². The highest BCUT2D eigenvalue weighted by Crippen LogP contribution is 2.06. The highest BCUT2D eigenvalue weighted by Gasteiger charge is 2.05. The molecule has 0 aliphatic carbocycles. The number of amides is 1. The summed E-state index contributed by atoms with van der Waals surface area (Å²) in [6.07, 6.45) is 4.82. The smallest absolute Gasteiger partial charge is 0.229 e. The summed E-state index contributed by atoms with van der Waals surface area (Å²) >= 11 is 4.86. The number of aromatic nitrogens is 2. The van der Waals surface area contributed by atoms with Crippen LogP contribution in [0.25, 0.3) is 0 Å². The first kappa shape index (κ1) is 13.1.